The maximum atomic E-state index is 4.41. The van der Waals surface area contributed by atoms with Gasteiger partial charge in [-0.3, -0.25) is 5.10 Å². The van der Waals surface area contributed by atoms with E-state index in [4.69, 9.17) is 0 Å². The average molecular weight is 286 g/mol. The van der Waals surface area contributed by atoms with Crippen LogP contribution in [0.1, 0.15) is 51.3 Å². The molecule has 2 N–H and O–H groups in total. The van der Waals surface area contributed by atoms with Gasteiger partial charge < -0.3 is 5.32 Å². The Morgan fingerprint density at radius 2 is 1.81 bits per heavy atom. The highest BCUT2D eigenvalue weighted by Crippen LogP contribution is 2.24. The Morgan fingerprint density at radius 3 is 2.57 bits per heavy atom. The standard InChI is InChI=1S/C17H26N4/c1-3-4-5-6-7-10-13-18-16-12-9-8-11-15(16)17-19-14(2)20-21-17/h8-9,11-12,18H,3-7,10,13H2,1-2H3,(H,19,20,21). The molecule has 0 fully saturated rings. The summed E-state index contributed by atoms with van der Waals surface area (Å²) in [6.07, 6.45) is 7.89. The third kappa shape index (κ3) is 4.88. The number of nitrogens with one attached hydrogen (secondary N) is 2. The zero-order valence-corrected chi connectivity index (χ0v) is 13.2. The molecular formula is C17H26N4. The first-order valence-corrected chi connectivity index (χ1v) is 8.03. The van der Waals surface area contributed by atoms with Gasteiger partial charge in [0.1, 0.15) is 5.82 Å². The molecule has 0 saturated carbocycles. The summed E-state index contributed by atoms with van der Waals surface area (Å²) in [6, 6.07) is 8.23. The zero-order valence-electron chi connectivity index (χ0n) is 13.2. The van der Waals surface area contributed by atoms with Crippen LogP contribution in [-0.2, 0) is 0 Å². The van der Waals surface area contributed by atoms with Crippen LogP contribution in [0, 0.1) is 6.92 Å². The second-order valence-corrected chi connectivity index (χ2v) is 5.48. The number of aromatic amines is 1. The normalized spacial score (nSPS) is 10.8. The number of rotatable bonds is 9. The van der Waals surface area contributed by atoms with Crippen molar-refractivity contribution in [2.24, 2.45) is 0 Å². The number of anilines is 1. The molecule has 0 aliphatic heterocycles. The van der Waals surface area contributed by atoms with E-state index in [2.05, 4.69) is 39.6 Å². The lowest BCUT2D eigenvalue weighted by Crippen LogP contribution is -2.03. The van der Waals surface area contributed by atoms with Crippen molar-refractivity contribution in [2.75, 3.05) is 11.9 Å². The van der Waals surface area contributed by atoms with Gasteiger partial charge in [0.2, 0.25) is 0 Å². The molecule has 114 valence electrons. The number of para-hydroxylation sites is 1. The predicted octanol–water partition coefficient (Wildman–Crippen LogP) is 4.55. The van der Waals surface area contributed by atoms with Gasteiger partial charge in [0, 0.05) is 17.8 Å². The van der Waals surface area contributed by atoms with Gasteiger partial charge in [0.15, 0.2) is 5.82 Å². The van der Waals surface area contributed by atoms with Crippen molar-refractivity contribution in [3.8, 4) is 11.4 Å². The second kappa shape index (κ2) is 8.45. The van der Waals surface area contributed by atoms with Crippen molar-refractivity contribution in [1.82, 2.24) is 15.2 Å². The lowest BCUT2D eigenvalue weighted by Gasteiger charge is -2.09. The van der Waals surface area contributed by atoms with E-state index in [0.717, 1.165) is 29.4 Å². The fourth-order valence-electron chi connectivity index (χ4n) is 2.42. The molecule has 0 aliphatic rings. The number of aryl methyl sites for hydroxylation is 1. The van der Waals surface area contributed by atoms with Crippen LogP contribution >= 0.6 is 0 Å². The first-order valence-electron chi connectivity index (χ1n) is 8.03. The van der Waals surface area contributed by atoms with E-state index in [1.807, 2.05) is 19.1 Å². The molecule has 4 nitrogen and oxygen atoms in total. The van der Waals surface area contributed by atoms with Crippen LogP contribution in [-0.4, -0.2) is 21.7 Å². The summed E-state index contributed by atoms with van der Waals surface area (Å²) in [7, 11) is 0. The summed E-state index contributed by atoms with van der Waals surface area (Å²) in [6.45, 7) is 5.18. The van der Waals surface area contributed by atoms with Gasteiger partial charge in [-0.2, -0.15) is 5.10 Å². The van der Waals surface area contributed by atoms with Gasteiger partial charge in [-0.1, -0.05) is 51.2 Å². The van der Waals surface area contributed by atoms with Crippen molar-refractivity contribution in [2.45, 2.75) is 52.4 Å². The van der Waals surface area contributed by atoms with E-state index < -0.39 is 0 Å². The lowest BCUT2D eigenvalue weighted by atomic mass is 10.1. The maximum absolute atomic E-state index is 4.41. The van der Waals surface area contributed by atoms with Crippen molar-refractivity contribution in [3.63, 3.8) is 0 Å². The SMILES string of the molecule is CCCCCCCCNc1ccccc1-c1n[nH]c(C)n1. The highest BCUT2D eigenvalue weighted by molar-refractivity contribution is 5.73. The largest absolute Gasteiger partial charge is 0.384 e. The van der Waals surface area contributed by atoms with Crippen LogP contribution in [0.5, 0.6) is 0 Å². The van der Waals surface area contributed by atoms with Gasteiger partial charge in [0.05, 0.1) is 0 Å². The van der Waals surface area contributed by atoms with E-state index in [9.17, 15) is 0 Å². The van der Waals surface area contributed by atoms with Gasteiger partial charge in [-0.15, -0.1) is 0 Å². The number of aromatic nitrogens is 3. The zero-order chi connectivity index (χ0) is 14.9. The maximum Gasteiger partial charge on any atom is 0.183 e. The molecule has 1 heterocycles. The number of unbranched alkanes of at least 4 members (excludes halogenated alkanes) is 5. The molecule has 0 spiro atoms. The van der Waals surface area contributed by atoms with Gasteiger partial charge in [-0.05, 0) is 25.5 Å². The quantitative estimate of drug-likeness (QED) is 0.665. The number of hydrogen-bond acceptors (Lipinski definition) is 3. The minimum absolute atomic E-state index is 0.763. The fraction of sp³-hybridized carbons (Fsp3) is 0.529. The number of nitrogens with zero attached hydrogens (tertiary/aromatic N) is 2. The fourth-order valence-corrected chi connectivity index (χ4v) is 2.42. The summed E-state index contributed by atoms with van der Waals surface area (Å²) < 4.78 is 0. The first kappa shape index (κ1) is 15.5. The Kier molecular flexibility index (Phi) is 6.25. The van der Waals surface area contributed by atoms with Crippen LogP contribution in [0.2, 0.25) is 0 Å². The monoisotopic (exact) mass is 286 g/mol. The van der Waals surface area contributed by atoms with E-state index in [-0.39, 0.29) is 0 Å². The molecule has 0 bridgehead atoms. The van der Waals surface area contributed by atoms with Crippen molar-refractivity contribution < 1.29 is 0 Å². The topological polar surface area (TPSA) is 53.6 Å². The number of benzene rings is 1. The van der Waals surface area contributed by atoms with Crippen LogP contribution in [0.25, 0.3) is 11.4 Å². The van der Waals surface area contributed by atoms with E-state index >= 15 is 0 Å². The molecule has 0 atom stereocenters. The van der Waals surface area contributed by atoms with Crippen LogP contribution in [0.15, 0.2) is 24.3 Å². The highest BCUT2D eigenvalue weighted by Gasteiger charge is 2.08. The van der Waals surface area contributed by atoms with Crippen molar-refractivity contribution in [1.29, 1.82) is 0 Å². The minimum Gasteiger partial charge on any atom is -0.384 e. The molecule has 4 heteroatoms. The Hall–Kier alpha value is -1.84. The highest BCUT2D eigenvalue weighted by atomic mass is 15.2. The Bertz CT molecular complexity index is 533. The summed E-state index contributed by atoms with van der Waals surface area (Å²) >= 11 is 0. The Balaban J connectivity index is 1.83. The smallest absolute Gasteiger partial charge is 0.183 e. The molecule has 21 heavy (non-hydrogen) atoms. The third-order valence-electron chi connectivity index (χ3n) is 3.61. The Morgan fingerprint density at radius 1 is 1.05 bits per heavy atom. The van der Waals surface area contributed by atoms with E-state index in [1.54, 1.807) is 0 Å². The summed E-state index contributed by atoms with van der Waals surface area (Å²) in [5.41, 5.74) is 2.18. The van der Waals surface area contributed by atoms with E-state index in [1.165, 1.54) is 38.5 Å². The van der Waals surface area contributed by atoms with Crippen molar-refractivity contribution >= 4 is 5.69 Å². The van der Waals surface area contributed by atoms with Crippen LogP contribution < -0.4 is 5.32 Å². The Labute approximate surface area is 127 Å². The summed E-state index contributed by atoms with van der Waals surface area (Å²) in [4.78, 5) is 4.41. The van der Waals surface area contributed by atoms with Gasteiger partial charge in [0.25, 0.3) is 0 Å². The van der Waals surface area contributed by atoms with E-state index in [0.29, 0.717) is 0 Å². The van der Waals surface area contributed by atoms with Gasteiger partial charge in [-0.25, -0.2) is 4.98 Å². The molecule has 0 unspecified atom stereocenters. The average Bonchev–Trinajstić information content (AvgIpc) is 2.93. The molecule has 0 aliphatic carbocycles. The second-order valence-electron chi connectivity index (χ2n) is 5.48. The molecule has 2 aromatic rings. The molecule has 1 aromatic heterocycles. The van der Waals surface area contributed by atoms with Crippen molar-refractivity contribution in [3.05, 3.63) is 30.1 Å². The number of hydrogen-bond donors (Lipinski definition) is 2. The minimum atomic E-state index is 0.763. The molecule has 0 radical (unpaired) electrons. The van der Waals surface area contributed by atoms with Crippen LogP contribution in [0.4, 0.5) is 5.69 Å². The van der Waals surface area contributed by atoms with Crippen LogP contribution in [0.3, 0.4) is 0 Å². The molecule has 0 amide bonds. The summed E-state index contributed by atoms with van der Waals surface area (Å²) in [5.74, 6) is 1.61. The molecule has 0 saturated heterocycles. The predicted molar refractivity (Wildman–Crippen MR) is 88.4 cm³/mol. The number of H-pyrrole nitrogens is 1. The third-order valence-corrected chi connectivity index (χ3v) is 3.61. The summed E-state index contributed by atoms with van der Waals surface area (Å²) in [5, 5.41) is 10.7. The van der Waals surface area contributed by atoms with Gasteiger partial charge >= 0.3 is 0 Å². The molecule has 1 aromatic carbocycles. The molecule has 2 rings (SSSR count). The molecular weight excluding hydrogens is 260 g/mol. The lowest BCUT2D eigenvalue weighted by molar-refractivity contribution is 0.617. The first-order chi connectivity index (χ1) is 10.3.